The molecule has 4 rings (SSSR count). The molecule has 0 amide bonds. The molecule has 5 nitrogen and oxygen atoms in total. The molecule has 0 atom stereocenters. The Morgan fingerprint density at radius 2 is 2.03 bits per heavy atom. The van der Waals surface area contributed by atoms with Crippen LogP contribution in [0.1, 0.15) is 30.4 Å². The highest BCUT2D eigenvalue weighted by atomic mass is 79.9. The normalized spacial score (nSPS) is 11.5. The predicted octanol–water partition coefficient (Wildman–Crippen LogP) is 4.89. The topological polar surface area (TPSA) is 52.2 Å². The molecule has 150 valence electrons. The number of aryl methyl sites for hydroxylation is 1. The lowest BCUT2D eigenvalue weighted by atomic mass is 10.1. The van der Waals surface area contributed by atoms with E-state index < -0.39 is 0 Å². The number of nitrogens with zero attached hydrogens (tertiary/aromatic N) is 4. The molecule has 2 heterocycles. The van der Waals surface area contributed by atoms with E-state index in [0.717, 1.165) is 33.1 Å². The summed E-state index contributed by atoms with van der Waals surface area (Å²) < 4.78 is 4.34. The molecule has 30 heavy (non-hydrogen) atoms. The number of hydrogen-bond acceptors (Lipinski definition) is 3. The summed E-state index contributed by atoms with van der Waals surface area (Å²) in [6.07, 6.45) is 8.85. The summed E-state index contributed by atoms with van der Waals surface area (Å²) in [4.78, 5) is 17.9. The van der Waals surface area contributed by atoms with Gasteiger partial charge in [0.1, 0.15) is 5.82 Å². The van der Waals surface area contributed by atoms with Crippen LogP contribution in [0.15, 0.2) is 56.8 Å². The molecule has 0 bridgehead atoms. The van der Waals surface area contributed by atoms with Crippen molar-refractivity contribution in [3.05, 3.63) is 74.4 Å². The number of para-hydroxylation sites is 1. The highest BCUT2D eigenvalue weighted by Gasteiger charge is 2.13. The van der Waals surface area contributed by atoms with Crippen molar-refractivity contribution in [2.24, 2.45) is 5.10 Å². The minimum Gasteiger partial charge on any atom is -0.333 e. The minimum absolute atomic E-state index is 0.175. The summed E-state index contributed by atoms with van der Waals surface area (Å²) >= 11 is 3.44. The first-order valence-electron chi connectivity index (χ1n) is 9.82. The second-order valence-electron chi connectivity index (χ2n) is 7.11. The maximum absolute atomic E-state index is 13.2. The molecule has 4 aromatic rings. The standard InChI is InChI=1S/C24H21BrN4O/c1-4-8-23-27-21-12-11-17(25)14-19(21)24(30)29(23)26-15-20-16(3)28(13-5-2)22-10-7-6-9-18(20)22/h2,6-7,9-12,14-15H,4,8,13H2,1,3H3. The van der Waals surface area contributed by atoms with Gasteiger partial charge in [0.15, 0.2) is 0 Å². The molecule has 2 aromatic heterocycles. The van der Waals surface area contributed by atoms with Crippen LogP contribution in [0.2, 0.25) is 0 Å². The van der Waals surface area contributed by atoms with Gasteiger partial charge in [0.25, 0.3) is 5.56 Å². The predicted molar refractivity (Wildman–Crippen MR) is 126 cm³/mol. The molecule has 6 heteroatoms. The van der Waals surface area contributed by atoms with Gasteiger partial charge in [0.2, 0.25) is 0 Å². The summed E-state index contributed by atoms with van der Waals surface area (Å²) in [6.45, 7) is 4.56. The number of halogens is 1. The summed E-state index contributed by atoms with van der Waals surface area (Å²) in [6, 6.07) is 13.6. The van der Waals surface area contributed by atoms with Gasteiger partial charge in [-0.1, -0.05) is 47.0 Å². The first-order valence-corrected chi connectivity index (χ1v) is 10.6. The molecule has 0 fully saturated rings. The Hall–Kier alpha value is -3.17. The van der Waals surface area contributed by atoms with E-state index in [-0.39, 0.29) is 5.56 Å². The Morgan fingerprint density at radius 3 is 2.80 bits per heavy atom. The monoisotopic (exact) mass is 460 g/mol. The third-order valence-corrected chi connectivity index (χ3v) is 5.67. The van der Waals surface area contributed by atoms with Crippen LogP contribution in [-0.4, -0.2) is 20.4 Å². The fourth-order valence-corrected chi connectivity index (χ4v) is 4.09. The van der Waals surface area contributed by atoms with Gasteiger partial charge in [-0.3, -0.25) is 4.79 Å². The molecule has 0 aliphatic heterocycles. The van der Waals surface area contributed by atoms with E-state index in [4.69, 9.17) is 11.4 Å². The molecule has 0 aliphatic carbocycles. The van der Waals surface area contributed by atoms with Crippen molar-refractivity contribution < 1.29 is 0 Å². The van der Waals surface area contributed by atoms with Gasteiger partial charge in [-0.05, 0) is 37.6 Å². The smallest absolute Gasteiger partial charge is 0.282 e. The molecular formula is C24H21BrN4O. The molecule has 0 aliphatic rings. The van der Waals surface area contributed by atoms with Gasteiger partial charge >= 0.3 is 0 Å². The molecule has 0 radical (unpaired) electrons. The second kappa shape index (κ2) is 8.29. The Morgan fingerprint density at radius 1 is 1.23 bits per heavy atom. The van der Waals surface area contributed by atoms with Gasteiger partial charge in [0.05, 0.1) is 23.7 Å². The Kier molecular flexibility index (Phi) is 5.56. The summed E-state index contributed by atoms with van der Waals surface area (Å²) in [7, 11) is 0. The van der Waals surface area contributed by atoms with Gasteiger partial charge in [-0.25, -0.2) is 4.98 Å². The Labute approximate surface area is 183 Å². The molecule has 0 N–H and O–H groups in total. The zero-order valence-electron chi connectivity index (χ0n) is 16.9. The van der Waals surface area contributed by atoms with Crippen molar-refractivity contribution in [2.45, 2.75) is 33.2 Å². The third kappa shape index (κ3) is 3.46. The number of terminal acetylenes is 1. The van der Waals surface area contributed by atoms with E-state index in [1.54, 1.807) is 12.3 Å². The van der Waals surface area contributed by atoms with Crippen LogP contribution >= 0.6 is 15.9 Å². The summed E-state index contributed by atoms with van der Waals surface area (Å²) in [5, 5.41) is 6.18. The van der Waals surface area contributed by atoms with Crippen molar-refractivity contribution in [2.75, 3.05) is 0 Å². The quantitative estimate of drug-likeness (QED) is 0.314. The van der Waals surface area contributed by atoms with Gasteiger partial charge in [-0.2, -0.15) is 9.78 Å². The summed E-state index contributed by atoms with van der Waals surface area (Å²) in [5.41, 5.74) is 3.52. The largest absolute Gasteiger partial charge is 0.333 e. The second-order valence-corrected chi connectivity index (χ2v) is 8.02. The van der Waals surface area contributed by atoms with E-state index in [1.165, 1.54) is 4.68 Å². The maximum atomic E-state index is 13.2. The first kappa shape index (κ1) is 20.1. The van der Waals surface area contributed by atoms with Crippen molar-refractivity contribution in [3.8, 4) is 12.3 Å². The van der Waals surface area contributed by atoms with Crippen LogP contribution in [0.3, 0.4) is 0 Å². The van der Waals surface area contributed by atoms with E-state index in [0.29, 0.717) is 29.7 Å². The van der Waals surface area contributed by atoms with Crippen LogP contribution in [0.5, 0.6) is 0 Å². The lowest BCUT2D eigenvalue weighted by Crippen LogP contribution is -2.22. The zero-order valence-corrected chi connectivity index (χ0v) is 18.5. The first-order chi connectivity index (χ1) is 14.5. The molecule has 2 aromatic carbocycles. The highest BCUT2D eigenvalue weighted by molar-refractivity contribution is 9.10. The van der Waals surface area contributed by atoms with Crippen LogP contribution in [-0.2, 0) is 13.0 Å². The SMILES string of the molecule is C#CCn1c(C)c(C=Nn2c(CCC)nc3ccc(Br)cc3c2=O)c2ccccc21. The molecule has 0 spiro atoms. The lowest BCUT2D eigenvalue weighted by molar-refractivity contribution is 0.703. The number of benzene rings is 2. The van der Waals surface area contributed by atoms with Crippen molar-refractivity contribution >= 4 is 44.0 Å². The van der Waals surface area contributed by atoms with Gasteiger partial charge < -0.3 is 4.57 Å². The number of rotatable bonds is 5. The minimum atomic E-state index is -0.175. The average Bonchev–Trinajstić information content (AvgIpc) is 3.00. The molecular weight excluding hydrogens is 440 g/mol. The molecule has 0 unspecified atom stereocenters. The third-order valence-electron chi connectivity index (χ3n) is 5.18. The van der Waals surface area contributed by atoms with Crippen LogP contribution < -0.4 is 5.56 Å². The van der Waals surface area contributed by atoms with Crippen LogP contribution in [0.25, 0.3) is 21.8 Å². The van der Waals surface area contributed by atoms with E-state index in [2.05, 4.69) is 38.4 Å². The fraction of sp³-hybridized carbons (Fsp3) is 0.208. The number of fused-ring (bicyclic) bond motifs is 2. The molecule has 0 saturated heterocycles. The average molecular weight is 461 g/mol. The Bertz CT molecular complexity index is 1390. The Balaban J connectivity index is 1.92. The van der Waals surface area contributed by atoms with E-state index in [9.17, 15) is 4.79 Å². The number of hydrogen-bond donors (Lipinski definition) is 0. The van der Waals surface area contributed by atoms with Gasteiger partial charge in [-0.15, -0.1) is 6.42 Å². The fourth-order valence-electron chi connectivity index (χ4n) is 3.73. The maximum Gasteiger partial charge on any atom is 0.282 e. The van der Waals surface area contributed by atoms with E-state index >= 15 is 0 Å². The van der Waals surface area contributed by atoms with Crippen molar-refractivity contribution in [1.29, 1.82) is 0 Å². The highest BCUT2D eigenvalue weighted by Crippen LogP contribution is 2.24. The van der Waals surface area contributed by atoms with Crippen molar-refractivity contribution in [3.63, 3.8) is 0 Å². The van der Waals surface area contributed by atoms with Crippen LogP contribution in [0, 0.1) is 19.3 Å². The zero-order chi connectivity index (χ0) is 21.3. The van der Waals surface area contributed by atoms with Crippen LogP contribution in [0.4, 0.5) is 0 Å². The van der Waals surface area contributed by atoms with Gasteiger partial charge in [0, 0.05) is 33.1 Å². The molecule has 0 saturated carbocycles. The number of aromatic nitrogens is 3. The van der Waals surface area contributed by atoms with E-state index in [1.807, 2.05) is 43.3 Å². The van der Waals surface area contributed by atoms with Crippen molar-refractivity contribution in [1.82, 2.24) is 14.2 Å². The lowest BCUT2D eigenvalue weighted by Gasteiger charge is -2.08. The summed E-state index contributed by atoms with van der Waals surface area (Å²) in [5.74, 6) is 3.36.